The maximum atomic E-state index is 13.2. The first-order valence-electron chi connectivity index (χ1n) is 10.2. The van der Waals surface area contributed by atoms with Gasteiger partial charge in [-0.3, -0.25) is 0 Å². The van der Waals surface area contributed by atoms with E-state index in [0.717, 1.165) is 5.30 Å². The number of hydrogen-bond donors (Lipinski definition) is 3. The van der Waals surface area contributed by atoms with Crippen molar-refractivity contribution >= 4 is 45.9 Å². The number of nitrogens with two attached hydrogens (primary N) is 1. The monoisotopic (exact) mass is 495 g/mol. The Morgan fingerprint density at radius 1 is 1.24 bits per heavy atom. The number of alkyl halides is 3. The number of halogens is 3. The lowest BCUT2D eigenvalue weighted by molar-refractivity contribution is -0.126. The highest BCUT2D eigenvalue weighted by molar-refractivity contribution is 7.53. The molecule has 3 rings (SSSR count). The summed E-state index contributed by atoms with van der Waals surface area (Å²) in [5.41, 5.74) is 7.20. The fourth-order valence-electron chi connectivity index (χ4n) is 3.33. The Bertz CT molecular complexity index is 1220. The van der Waals surface area contributed by atoms with E-state index in [2.05, 4.69) is 22.5 Å². The predicted octanol–water partition coefficient (Wildman–Crippen LogP) is 4.46. The van der Waals surface area contributed by atoms with E-state index in [4.69, 9.17) is 10.5 Å². The predicted molar refractivity (Wildman–Crippen MR) is 132 cm³/mol. The van der Waals surface area contributed by atoms with Crippen LogP contribution in [0, 0.1) is 11.8 Å². The molecular weight excluding hydrogens is 470 g/mol. The number of thiophene rings is 1. The van der Waals surface area contributed by atoms with Crippen LogP contribution in [0.1, 0.15) is 10.4 Å². The molecule has 0 aliphatic carbocycles. The number of methoxy groups -OCH3 is 1. The molecule has 0 aliphatic heterocycles. The molecule has 1 heterocycles. The van der Waals surface area contributed by atoms with Gasteiger partial charge in [0.05, 0.1) is 35.3 Å². The molecular formula is C23H25F3N3O2PS. The standard InChI is InChI=1S/C23H25F3N3O2PS/c1-28-11-12-32(30)15-8-9-19(20(13-15)31-2)29-10-4-7-21-17(14-23(24,25)26)16-5-3-6-18(27)22(16)33-21/h3,5-6,8-9,13,28-29,32H,10-12,14,27H2,1-2H3. The first-order chi connectivity index (χ1) is 15.7. The van der Waals surface area contributed by atoms with Crippen molar-refractivity contribution in [1.82, 2.24) is 5.32 Å². The molecule has 3 aromatic rings. The number of anilines is 2. The molecule has 5 nitrogen and oxygen atoms in total. The number of ether oxygens (including phenoxy) is 1. The number of rotatable bonds is 8. The molecule has 1 unspecified atom stereocenters. The molecule has 1 aromatic heterocycles. The molecule has 4 N–H and O–H groups in total. The Morgan fingerprint density at radius 3 is 2.73 bits per heavy atom. The topological polar surface area (TPSA) is 76.4 Å². The van der Waals surface area contributed by atoms with Gasteiger partial charge in [-0.15, -0.1) is 11.3 Å². The SMILES string of the molecule is CNCC[PH](=O)c1ccc(NCC#Cc2sc3c(N)cccc3c2CC(F)(F)F)c(OC)c1. The van der Waals surface area contributed by atoms with Gasteiger partial charge in [0.25, 0.3) is 0 Å². The average Bonchev–Trinajstić information content (AvgIpc) is 3.12. The summed E-state index contributed by atoms with van der Waals surface area (Å²) in [7, 11) is 1.41. The smallest absolute Gasteiger partial charge is 0.393 e. The van der Waals surface area contributed by atoms with Gasteiger partial charge in [-0.05, 0) is 42.3 Å². The minimum atomic E-state index is -4.35. The van der Waals surface area contributed by atoms with Crippen LogP contribution in [0.3, 0.4) is 0 Å². The average molecular weight is 496 g/mol. The van der Waals surface area contributed by atoms with Gasteiger partial charge in [-0.2, -0.15) is 13.2 Å². The molecule has 1 atom stereocenters. The van der Waals surface area contributed by atoms with Crippen molar-refractivity contribution in [3.8, 4) is 17.6 Å². The van der Waals surface area contributed by atoms with Crippen LogP contribution in [0.5, 0.6) is 5.75 Å². The fraction of sp³-hybridized carbons (Fsp3) is 0.304. The van der Waals surface area contributed by atoms with Crippen molar-refractivity contribution in [2.24, 2.45) is 0 Å². The third kappa shape index (κ3) is 6.44. The Kier molecular flexibility index (Phi) is 8.30. The minimum absolute atomic E-state index is 0.149. The Morgan fingerprint density at radius 2 is 2.03 bits per heavy atom. The number of benzene rings is 2. The molecule has 2 aromatic carbocycles. The largest absolute Gasteiger partial charge is 0.495 e. The van der Waals surface area contributed by atoms with Crippen molar-refractivity contribution < 1.29 is 22.5 Å². The van der Waals surface area contributed by atoms with Crippen LogP contribution >= 0.6 is 19.1 Å². The van der Waals surface area contributed by atoms with Gasteiger partial charge in [0.1, 0.15) is 13.6 Å². The minimum Gasteiger partial charge on any atom is -0.495 e. The second kappa shape index (κ2) is 11.0. The highest BCUT2D eigenvalue weighted by Crippen LogP contribution is 2.38. The first-order valence-corrected chi connectivity index (χ1v) is 12.6. The molecule has 0 radical (unpaired) electrons. The molecule has 10 heteroatoms. The highest BCUT2D eigenvalue weighted by atomic mass is 32.1. The van der Waals surface area contributed by atoms with E-state index in [9.17, 15) is 17.7 Å². The third-order valence-electron chi connectivity index (χ3n) is 4.92. The lowest BCUT2D eigenvalue weighted by Crippen LogP contribution is -2.12. The van der Waals surface area contributed by atoms with Crippen molar-refractivity contribution in [2.45, 2.75) is 12.6 Å². The van der Waals surface area contributed by atoms with Gasteiger partial charge in [-0.1, -0.05) is 24.0 Å². The molecule has 0 fully saturated rings. The van der Waals surface area contributed by atoms with Crippen LogP contribution in [-0.2, 0) is 11.0 Å². The van der Waals surface area contributed by atoms with E-state index in [0.29, 0.717) is 44.8 Å². The lowest BCUT2D eigenvalue weighted by Gasteiger charge is -2.11. The highest BCUT2D eigenvalue weighted by Gasteiger charge is 2.31. The molecule has 0 saturated carbocycles. The number of nitrogen functional groups attached to an aromatic ring is 1. The first kappa shape index (κ1) is 25.0. The van der Waals surface area contributed by atoms with E-state index in [1.807, 2.05) is 7.05 Å². The second-order valence-electron chi connectivity index (χ2n) is 7.27. The molecule has 176 valence electrons. The quantitative estimate of drug-likeness (QED) is 0.244. The zero-order valence-corrected chi connectivity index (χ0v) is 20.0. The van der Waals surface area contributed by atoms with Crippen molar-refractivity contribution in [3.63, 3.8) is 0 Å². The molecule has 0 bridgehead atoms. The van der Waals surface area contributed by atoms with E-state index in [-0.39, 0.29) is 12.1 Å². The van der Waals surface area contributed by atoms with Gasteiger partial charge < -0.3 is 25.7 Å². The number of nitrogens with one attached hydrogen (secondary N) is 2. The summed E-state index contributed by atoms with van der Waals surface area (Å²) in [5, 5.41) is 7.31. The summed E-state index contributed by atoms with van der Waals surface area (Å²) in [4.78, 5) is 0.354. The van der Waals surface area contributed by atoms with Crippen molar-refractivity contribution in [1.29, 1.82) is 0 Å². The van der Waals surface area contributed by atoms with E-state index in [1.54, 1.807) is 36.4 Å². The van der Waals surface area contributed by atoms with Gasteiger partial charge in [-0.25, -0.2) is 0 Å². The summed E-state index contributed by atoms with van der Waals surface area (Å²) < 4.78 is 57.9. The van der Waals surface area contributed by atoms with Crippen molar-refractivity contribution in [3.05, 3.63) is 46.8 Å². The zero-order valence-electron chi connectivity index (χ0n) is 18.2. The van der Waals surface area contributed by atoms with Crippen LogP contribution in [0.15, 0.2) is 36.4 Å². The zero-order chi connectivity index (χ0) is 24.0. The summed E-state index contributed by atoms with van der Waals surface area (Å²) in [6.07, 6.45) is -4.85. The van der Waals surface area contributed by atoms with Gasteiger partial charge in [0, 0.05) is 23.7 Å². The number of hydrogen-bond acceptors (Lipinski definition) is 6. The van der Waals surface area contributed by atoms with Crippen LogP contribution in [0.25, 0.3) is 10.1 Å². The maximum Gasteiger partial charge on any atom is 0.393 e. The van der Waals surface area contributed by atoms with Crippen molar-refractivity contribution in [2.75, 3.05) is 44.5 Å². The van der Waals surface area contributed by atoms with Gasteiger partial charge >= 0.3 is 6.18 Å². The maximum absolute atomic E-state index is 13.2. The summed E-state index contributed by atoms with van der Waals surface area (Å²) >= 11 is 1.17. The van der Waals surface area contributed by atoms with Crippen LogP contribution in [0.4, 0.5) is 24.5 Å². The van der Waals surface area contributed by atoms with Gasteiger partial charge in [0.15, 0.2) is 0 Å². The molecule has 0 amide bonds. The van der Waals surface area contributed by atoms with Gasteiger partial charge in [0.2, 0.25) is 0 Å². The lowest BCUT2D eigenvalue weighted by atomic mass is 10.1. The van der Waals surface area contributed by atoms with Crippen LogP contribution in [-0.4, -0.2) is 39.6 Å². The van der Waals surface area contributed by atoms with E-state index >= 15 is 0 Å². The Hall–Kier alpha value is -2.66. The van der Waals surface area contributed by atoms with Crippen LogP contribution in [0.2, 0.25) is 0 Å². The fourth-order valence-corrected chi connectivity index (χ4v) is 5.77. The second-order valence-corrected chi connectivity index (χ2v) is 10.2. The third-order valence-corrected chi connectivity index (χ3v) is 7.79. The summed E-state index contributed by atoms with van der Waals surface area (Å²) in [5.74, 6) is 6.30. The molecule has 0 aliphatic rings. The van der Waals surface area contributed by atoms with E-state index < -0.39 is 20.4 Å². The summed E-state index contributed by atoms with van der Waals surface area (Å²) in [6, 6.07) is 10.2. The molecule has 0 saturated heterocycles. The number of fused-ring (bicyclic) bond motifs is 1. The summed E-state index contributed by atoms with van der Waals surface area (Å²) in [6.45, 7) is 0.856. The Labute approximate surface area is 195 Å². The Balaban J connectivity index is 1.79. The van der Waals surface area contributed by atoms with E-state index in [1.165, 1.54) is 18.4 Å². The molecule has 33 heavy (non-hydrogen) atoms. The normalized spacial score (nSPS) is 12.3. The van der Waals surface area contributed by atoms with Crippen LogP contribution < -0.4 is 26.4 Å². The molecule has 0 spiro atoms.